The van der Waals surface area contributed by atoms with Crippen LogP contribution in [-0.4, -0.2) is 11.7 Å². The highest BCUT2D eigenvalue weighted by molar-refractivity contribution is 5.33. The van der Waals surface area contributed by atoms with Crippen LogP contribution in [0.3, 0.4) is 0 Å². The van der Waals surface area contributed by atoms with E-state index in [4.69, 9.17) is 0 Å². The second-order valence-electron chi connectivity index (χ2n) is 2.66. The Labute approximate surface area is 75.4 Å². The maximum Gasteiger partial charge on any atom is 0.123 e. The largest absolute Gasteiger partial charge is 0.254 e. The SMILES string of the molecule is C/C(F)=c1/nccc/c1=C/CCF. The van der Waals surface area contributed by atoms with E-state index in [0.717, 1.165) is 0 Å². The van der Waals surface area contributed by atoms with E-state index in [1.807, 2.05) is 0 Å². The van der Waals surface area contributed by atoms with Gasteiger partial charge >= 0.3 is 0 Å². The minimum Gasteiger partial charge on any atom is -0.254 e. The Morgan fingerprint density at radius 3 is 3.00 bits per heavy atom. The van der Waals surface area contributed by atoms with E-state index in [2.05, 4.69) is 4.98 Å². The first-order valence-corrected chi connectivity index (χ1v) is 4.09. The van der Waals surface area contributed by atoms with Crippen LogP contribution in [0.4, 0.5) is 8.78 Å². The molecule has 70 valence electrons. The lowest BCUT2D eigenvalue weighted by Gasteiger charge is -1.90. The van der Waals surface area contributed by atoms with Crippen LogP contribution in [-0.2, 0) is 0 Å². The van der Waals surface area contributed by atoms with E-state index < -0.39 is 6.67 Å². The standard InChI is InChI=1S/C10H11F2N/c1-8(12)10-9(4-2-6-11)5-3-7-13-10/h3-5,7H,2,6H2,1H3/b9-4-,10-8-. The molecule has 0 aromatic carbocycles. The van der Waals surface area contributed by atoms with Gasteiger partial charge in [0.15, 0.2) is 0 Å². The van der Waals surface area contributed by atoms with Crippen LogP contribution in [0.2, 0.25) is 0 Å². The van der Waals surface area contributed by atoms with Gasteiger partial charge in [-0.2, -0.15) is 0 Å². The lowest BCUT2D eigenvalue weighted by Crippen LogP contribution is -2.28. The molecule has 3 heteroatoms. The number of halogens is 2. The molecule has 1 aromatic heterocycles. The van der Waals surface area contributed by atoms with Gasteiger partial charge in [0.1, 0.15) is 11.2 Å². The molecule has 0 saturated heterocycles. The Kier molecular flexibility index (Phi) is 3.55. The van der Waals surface area contributed by atoms with Crippen LogP contribution in [0.1, 0.15) is 13.3 Å². The second kappa shape index (κ2) is 4.70. The Morgan fingerprint density at radius 1 is 1.62 bits per heavy atom. The average Bonchev–Trinajstić information content (AvgIpc) is 2.15. The zero-order valence-electron chi connectivity index (χ0n) is 7.43. The van der Waals surface area contributed by atoms with Gasteiger partial charge in [-0.05, 0) is 24.6 Å². The van der Waals surface area contributed by atoms with Crippen molar-refractivity contribution in [1.29, 1.82) is 0 Å². The zero-order valence-corrected chi connectivity index (χ0v) is 7.43. The molecule has 0 atom stereocenters. The number of pyridine rings is 1. The molecule has 0 N–H and O–H groups in total. The number of hydrogen-bond donors (Lipinski definition) is 0. The van der Waals surface area contributed by atoms with Crippen LogP contribution in [0.25, 0.3) is 11.9 Å². The fourth-order valence-corrected chi connectivity index (χ4v) is 1.08. The number of rotatable bonds is 2. The summed E-state index contributed by atoms with van der Waals surface area (Å²) in [6.45, 7) is 0.911. The molecule has 1 heterocycles. The topological polar surface area (TPSA) is 12.9 Å². The van der Waals surface area contributed by atoms with Gasteiger partial charge < -0.3 is 0 Å². The van der Waals surface area contributed by atoms with Gasteiger partial charge in [-0.15, -0.1) is 0 Å². The van der Waals surface area contributed by atoms with Crippen molar-refractivity contribution in [3.63, 3.8) is 0 Å². The van der Waals surface area contributed by atoms with E-state index in [0.29, 0.717) is 17.0 Å². The molecule has 0 bridgehead atoms. The summed E-state index contributed by atoms with van der Waals surface area (Å²) in [5, 5.41) is 0.955. The van der Waals surface area contributed by atoms with Crippen LogP contribution < -0.4 is 10.6 Å². The lowest BCUT2D eigenvalue weighted by atomic mass is 10.3. The predicted octanol–water partition coefficient (Wildman–Crippen LogP) is 1.32. The van der Waals surface area contributed by atoms with Crippen molar-refractivity contribution in [2.24, 2.45) is 0 Å². The predicted molar refractivity (Wildman–Crippen MR) is 48.7 cm³/mol. The van der Waals surface area contributed by atoms with E-state index in [1.54, 1.807) is 18.2 Å². The summed E-state index contributed by atoms with van der Waals surface area (Å²) in [6.07, 6.45) is 3.46. The van der Waals surface area contributed by atoms with Crippen molar-refractivity contribution < 1.29 is 8.78 Å². The van der Waals surface area contributed by atoms with Crippen molar-refractivity contribution >= 4 is 11.9 Å². The third kappa shape index (κ3) is 2.61. The van der Waals surface area contributed by atoms with Crippen LogP contribution in [0.15, 0.2) is 18.3 Å². The zero-order chi connectivity index (χ0) is 9.68. The highest BCUT2D eigenvalue weighted by Crippen LogP contribution is 1.86. The summed E-state index contributed by atoms with van der Waals surface area (Å²) in [6, 6.07) is 3.43. The van der Waals surface area contributed by atoms with E-state index in [-0.39, 0.29) is 5.83 Å². The molecule has 1 rings (SSSR count). The molecule has 0 aliphatic carbocycles. The Balaban J connectivity index is 3.30. The van der Waals surface area contributed by atoms with E-state index >= 15 is 0 Å². The molecule has 0 unspecified atom stereocenters. The fraction of sp³-hybridized carbons (Fsp3) is 0.300. The Bertz CT molecular complexity index is 380. The van der Waals surface area contributed by atoms with Crippen LogP contribution >= 0.6 is 0 Å². The number of aromatic nitrogens is 1. The first-order valence-electron chi connectivity index (χ1n) is 4.09. The van der Waals surface area contributed by atoms with Gasteiger partial charge in [-0.1, -0.05) is 12.1 Å². The quantitative estimate of drug-likeness (QED) is 0.673. The molecule has 13 heavy (non-hydrogen) atoms. The van der Waals surface area contributed by atoms with Crippen molar-refractivity contribution in [3.05, 3.63) is 28.9 Å². The van der Waals surface area contributed by atoms with E-state index in [9.17, 15) is 8.78 Å². The highest BCUT2D eigenvalue weighted by atomic mass is 19.1. The maximum absolute atomic E-state index is 12.9. The van der Waals surface area contributed by atoms with Gasteiger partial charge in [-0.25, -0.2) is 4.39 Å². The summed E-state index contributed by atoms with van der Waals surface area (Å²) >= 11 is 0. The molecule has 0 spiro atoms. The van der Waals surface area contributed by atoms with Crippen LogP contribution in [0, 0.1) is 0 Å². The van der Waals surface area contributed by atoms with E-state index in [1.165, 1.54) is 13.1 Å². The van der Waals surface area contributed by atoms with Gasteiger partial charge in [0, 0.05) is 6.20 Å². The summed E-state index contributed by atoms with van der Waals surface area (Å²) in [5.74, 6) is -0.342. The molecule has 0 fully saturated rings. The third-order valence-electron chi connectivity index (χ3n) is 1.64. The van der Waals surface area contributed by atoms with Gasteiger partial charge in [0.05, 0.1) is 6.67 Å². The van der Waals surface area contributed by atoms with Crippen molar-refractivity contribution in [2.75, 3.05) is 6.67 Å². The molecule has 0 saturated carbocycles. The first-order chi connectivity index (χ1) is 6.25. The number of hydrogen-bond acceptors (Lipinski definition) is 1. The highest BCUT2D eigenvalue weighted by Gasteiger charge is 1.90. The van der Waals surface area contributed by atoms with Crippen molar-refractivity contribution in [3.8, 4) is 0 Å². The monoisotopic (exact) mass is 183 g/mol. The third-order valence-corrected chi connectivity index (χ3v) is 1.64. The molecule has 0 aliphatic heterocycles. The normalized spacial score (nSPS) is 14.5. The molecular weight excluding hydrogens is 172 g/mol. The first kappa shape index (κ1) is 9.84. The maximum atomic E-state index is 12.9. The average molecular weight is 183 g/mol. The van der Waals surface area contributed by atoms with Crippen molar-refractivity contribution in [1.82, 2.24) is 4.98 Å². The summed E-state index contributed by atoms with van der Waals surface area (Å²) in [7, 11) is 0. The minimum absolute atomic E-state index is 0.298. The van der Waals surface area contributed by atoms with Gasteiger partial charge in [0.25, 0.3) is 0 Å². The molecule has 0 aliphatic rings. The van der Waals surface area contributed by atoms with Gasteiger partial charge in [0.2, 0.25) is 0 Å². The van der Waals surface area contributed by atoms with Crippen molar-refractivity contribution in [2.45, 2.75) is 13.3 Å². The molecule has 0 amide bonds. The smallest absolute Gasteiger partial charge is 0.123 e. The molecule has 0 radical (unpaired) electrons. The molecular formula is C10H11F2N. The Morgan fingerprint density at radius 2 is 2.38 bits per heavy atom. The lowest BCUT2D eigenvalue weighted by molar-refractivity contribution is 0.507. The van der Waals surface area contributed by atoms with Crippen LogP contribution in [0.5, 0.6) is 0 Å². The summed E-state index contributed by atoms with van der Waals surface area (Å²) in [4.78, 5) is 3.87. The fourth-order valence-electron chi connectivity index (χ4n) is 1.08. The minimum atomic E-state index is -0.431. The van der Waals surface area contributed by atoms with Gasteiger partial charge in [-0.3, -0.25) is 9.37 Å². The molecule has 1 aromatic rings. The number of alkyl halides is 1. The summed E-state index contributed by atoms with van der Waals surface area (Å²) < 4.78 is 24.7. The number of nitrogens with zero attached hydrogens (tertiary/aromatic N) is 1. The Hall–Kier alpha value is -1.25. The summed E-state index contributed by atoms with van der Waals surface area (Å²) in [5.41, 5.74) is 0. The molecule has 1 nitrogen and oxygen atoms in total. The second-order valence-corrected chi connectivity index (χ2v) is 2.66.